The van der Waals surface area contributed by atoms with Gasteiger partial charge in [0.05, 0.1) is 0 Å². The highest BCUT2D eigenvalue weighted by molar-refractivity contribution is 5.89. The molecule has 0 saturated heterocycles. The number of nitrogens with zero attached hydrogens (tertiary/aromatic N) is 2. The number of hydrogen-bond donors (Lipinski definition) is 0. The average molecular weight is 152 g/mol. The molecule has 0 radical (unpaired) electrons. The molecular weight excluding hydrogens is 144 g/mol. The van der Waals surface area contributed by atoms with Gasteiger partial charge in [0.25, 0.3) is 5.89 Å². The van der Waals surface area contributed by atoms with E-state index < -0.39 is 0 Å². The Morgan fingerprint density at radius 1 is 1.64 bits per heavy atom. The van der Waals surface area contributed by atoms with Gasteiger partial charge in [-0.25, -0.2) is 0 Å². The zero-order chi connectivity index (χ0) is 7.84. The van der Waals surface area contributed by atoms with Gasteiger partial charge in [-0.15, -0.1) is 0 Å². The molecule has 1 aliphatic rings. The Bertz CT molecular complexity index is 288. The summed E-state index contributed by atoms with van der Waals surface area (Å²) in [6, 6.07) is 0. The molecule has 0 N–H and O–H groups in total. The number of Topliss-reactive ketones (excluding diaryl/α,β-unsaturated/α-hetero) is 1. The fourth-order valence-corrected chi connectivity index (χ4v) is 0.885. The fourth-order valence-electron chi connectivity index (χ4n) is 0.885. The second kappa shape index (κ2) is 2.15. The molecule has 11 heavy (non-hydrogen) atoms. The highest BCUT2D eigenvalue weighted by Gasteiger charge is 2.29. The van der Waals surface area contributed by atoms with Crippen molar-refractivity contribution in [2.24, 2.45) is 0 Å². The first kappa shape index (κ1) is 6.52. The summed E-state index contributed by atoms with van der Waals surface area (Å²) in [5.41, 5.74) is 0. The molecule has 1 saturated carbocycles. The minimum Gasteiger partial charge on any atom is -0.331 e. The number of rotatable bonds is 2. The van der Waals surface area contributed by atoms with Crippen molar-refractivity contribution in [3.8, 4) is 0 Å². The first-order valence-corrected chi connectivity index (χ1v) is 3.62. The Morgan fingerprint density at radius 3 is 2.82 bits per heavy atom. The maximum atomic E-state index is 10.7. The van der Waals surface area contributed by atoms with Gasteiger partial charge in [-0.3, -0.25) is 4.79 Å². The fraction of sp³-hybridized carbons (Fsp3) is 0.571. The van der Waals surface area contributed by atoms with Crippen LogP contribution in [0.2, 0.25) is 0 Å². The summed E-state index contributed by atoms with van der Waals surface area (Å²) in [6.07, 6.45) is 2.24. The van der Waals surface area contributed by atoms with Gasteiger partial charge >= 0.3 is 0 Å². The van der Waals surface area contributed by atoms with E-state index in [4.69, 9.17) is 4.52 Å². The second-order valence-corrected chi connectivity index (χ2v) is 2.79. The van der Waals surface area contributed by atoms with E-state index in [2.05, 4.69) is 10.1 Å². The van der Waals surface area contributed by atoms with Crippen molar-refractivity contribution in [1.29, 1.82) is 0 Å². The number of carbonyl (C=O) groups is 1. The van der Waals surface area contributed by atoms with Gasteiger partial charge in [0, 0.05) is 12.8 Å². The topological polar surface area (TPSA) is 56.0 Å². The van der Waals surface area contributed by atoms with Gasteiger partial charge in [-0.2, -0.15) is 4.98 Å². The average Bonchev–Trinajstić information content (AvgIpc) is 2.68. The monoisotopic (exact) mass is 152 g/mol. The summed E-state index contributed by atoms with van der Waals surface area (Å²) in [7, 11) is 0. The first-order valence-electron chi connectivity index (χ1n) is 3.62. The van der Waals surface area contributed by atoms with Crippen LogP contribution in [-0.2, 0) is 0 Å². The highest BCUT2D eigenvalue weighted by Crippen LogP contribution is 2.37. The van der Waals surface area contributed by atoms with Crippen molar-refractivity contribution >= 4 is 5.78 Å². The molecule has 1 fully saturated rings. The molecule has 0 atom stereocenters. The van der Waals surface area contributed by atoms with E-state index in [-0.39, 0.29) is 11.7 Å². The predicted octanol–water partition coefficient (Wildman–Crippen LogP) is 1.15. The number of carbonyl (C=O) groups excluding carboxylic acids is 1. The van der Waals surface area contributed by atoms with Gasteiger partial charge < -0.3 is 4.52 Å². The summed E-state index contributed by atoms with van der Waals surface area (Å²) in [4.78, 5) is 14.6. The van der Waals surface area contributed by atoms with E-state index in [1.807, 2.05) is 0 Å². The number of ketones is 1. The molecule has 2 rings (SSSR count). The van der Waals surface area contributed by atoms with Crippen molar-refractivity contribution in [3.63, 3.8) is 0 Å². The van der Waals surface area contributed by atoms with Gasteiger partial charge in [0.2, 0.25) is 5.78 Å². The van der Waals surface area contributed by atoms with E-state index in [1.54, 1.807) is 0 Å². The van der Waals surface area contributed by atoms with E-state index in [1.165, 1.54) is 6.92 Å². The minimum atomic E-state index is -0.163. The zero-order valence-electron chi connectivity index (χ0n) is 6.20. The molecule has 0 amide bonds. The van der Waals surface area contributed by atoms with Gasteiger partial charge in [-0.05, 0) is 12.8 Å². The lowest BCUT2D eigenvalue weighted by Crippen LogP contribution is -1.91. The van der Waals surface area contributed by atoms with Gasteiger partial charge in [0.1, 0.15) is 0 Å². The third kappa shape index (κ3) is 1.15. The maximum Gasteiger partial charge on any atom is 0.293 e. The first-order chi connectivity index (χ1) is 5.27. The standard InChI is InChI=1S/C7H8N2O2/c1-4(10)7-8-6(9-11-7)5-2-3-5/h5H,2-3H2,1H3. The van der Waals surface area contributed by atoms with Crippen molar-refractivity contribution in [2.75, 3.05) is 0 Å². The smallest absolute Gasteiger partial charge is 0.293 e. The van der Waals surface area contributed by atoms with Crippen LogP contribution in [0.5, 0.6) is 0 Å². The predicted molar refractivity (Wildman–Crippen MR) is 36.3 cm³/mol. The van der Waals surface area contributed by atoms with Gasteiger partial charge in [-0.1, -0.05) is 5.16 Å². The second-order valence-electron chi connectivity index (χ2n) is 2.79. The molecule has 0 unspecified atom stereocenters. The lowest BCUT2D eigenvalue weighted by atomic mass is 10.4. The third-order valence-electron chi connectivity index (χ3n) is 1.69. The van der Waals surface area contributed by atoms with Crippen LogP contribution >= 0.6 is 0 Å². The quantitative estimate of drug-likeness (QED) is 0.596. The van der Waals surface area contributed by atoms with Crippen LogP contribution in [0.1, 0.15) is 42.2 Å². The number of hydrogen-bond acceptors (Lipinski definition) is 4. The maximum absolute atomic E-state index is 10.7. The summed E-state index contributed by atoms with van der Waals surface area (Å²) in [5.74, 6) is 1.11. The molecule has 0 aliphatic heterocycles. The molecule has 0 bridgehead atoms. The molecule has 1 aromatic rings. The van der Waals surface area contributed by atoms with Crippen LogP contribution in [-0.4, -0.2) is 15.9 Å². The summed E-state index contributed by atoms with van der Waals surface area (Å²) >= 11 is 0. The summed E-state index contributed by atoms with van der Waals surface area (Å²) < 4.78 is 4.72. The Morgan fingerprint density at radius 2 is 2.36 bits per heavy atom. The van der Waals surface area contributed by atoms with E-state index in [0.29, 0.717) is 11.7 Å². The van der Waals surface area contributed by atoms with Gasteiger partial charge in [0.15, 0.2) is 5.82 Å². The lowest BCUT2D eigenvalue weighted by molar-refractivity contribution is 0.0972. The third-order valence-corrected chi connectivity index (χ3v) is 1.69. The molecule has 4 nitrogen and oxygen atoms in total. The molecule has 1 aromatic heterocycles. The van der Waals surface area contributed by atoms with Crippen LogP contribution in [0.25, 0.3) is 0 Å². The molecule has 0 spiro atoms. The molecular formula is C7H8N2O2. The Labute approximate surface area is 63.6 Å². The van der Waals surface area contributed by atoms with Crippen molar-refractivity contribution in [1.82, 2.24) is 10.1 Å². The lowest BCUT2D eigenvalue weighted by Gasteiger charge is -1.79. The van der Waals surface area contributed by atoms with Crippen LogP contribution in [0, 0.1) is 0 Å². The Balaban J connectivity index is 2.25. The Hall–Kier alpha value is -1.19. The van der Waals surface area contributed by atoms with Crippen LogP contribution in [0.15, 0.2) is 4.52 Å². The SMILES string of the molecule is CC(=O)c1nc(C2CC2)no1. The van der Waals surface area contributed by atoms with Crippen LogP contribution < -0.4 is 0 Å². The molecule has 4 heteroatoms. The molecule has 58 valence electrons. The van der Waals surface area contributed by atoms with Crippen LogP contribution in [0.3, 0.4) is 0 Å². The molecule has 0 aromatic carbocycles. The van der Waals surface area contributed by atoms with Crippen molar-refractivity contribution < 1.29 is 9.32 Å². The normalized spacial score (nSPS) is 16.8. The van der Waals surface area contributed by atoms with Crippen molar-refractivity contribution in [2.45, 2.75) is 25.7 Å². The van der Waals surface area contributed by atoms with Crippen molar-refractivity contribution in [3.05, 3.63) is 11.7 Å². The minimum absolute atomic E-state index is 0.131. The molecule has 1 heterocycles. The van der Waals surface area contributed by atoms with E-state index in [9.17, 15) is 4.79 Å². The number of aromatic nitrogens is 2. The highest BCUT2D eigenvalue weighted by atomic mass is 16.5. The summed E-state index contributed by atoms with van der Waals surface area (Å²) in [6.45, 7) is 1.42. The van der Waals surface area contributed by atoms with E-state index in [0.717, 1.165) is 12.8 Å². The Kier molecular flexibility index (Phi) is 1.27. The van der Waals surface area contributed by atoms with Crippen LogP contribution in [0.4, 0.5) is 0 Å². The largest absolute Gasteiger partial charge is 0.331 e. The van der Waals surface area contributed by atoms with E-state index >= 15 is 0 Å². The molecule has 1 aliphatic carbocycles. The summed E-state index contributed by atoms with van der Waals surface area (Å²) in [5, 5.41) is 3.69. The zero-order valence-corrected chi connectivity index (χ0v) is 6.20.